The summed E-state index contributed by atoms with van der Waals surface area (Å²) in [7, 11) is 3.74. The van der Waals surface area contributed by atoms with Crippen LogP contribution in [-0.4, -0.2) is 25.5 Å². The molecule has 1 amide bonds. The molecule has 1 N–H and O–H groups in total. The van der Waals surface area contributed by atoms with Gasteiger partial charge in [-0.15, -0.1) is 0 Å². The number of carbonyl (C=O) groups is 1. The Balaban J connectivity index is 1.93. The molecule has 6 nitrogen and oxygen atoms in total. The van der Waals surface area contributed by atoms with Gasteiger partial charge in [-0.3, -0.25) is 14.2 Å². The van der Waals surface area contributed by atoms with Crippen molar-refractivity contribution in [2.45, 2.75) is 20.4 Å². The Bertz CT molecular complexity index is 651. The van der Waals surface area contributed by atoms with E-state index in [0.29, 0.717) is 6.54 Å². The highest BCUT2D eigenvalue weighted by Gasteiger charge is 2.04. The standard InChI is InChI=1S/C14H19N5O/c1-10-13(9-18(3)17-10)7-15-14(20)6-5-12-8-16-19(4)11(12)2/h5-6,8-9H,7H2,1-4H3,(H,15,20)/b6-5-. The number of amides is 1. The molecule has 0 saturated heterocycles. The first-order valence-corrected chi connectivity index (χ1v) is 6.41. The molecule has 2 aromatic rings. The maximum atomic E-state index is 11.8. The van der Waals surface area contributed by atoms with Crippen molar-refractivity contribution in [2.24, 2.45) is 14.1 Å². The molecule has 2 rings (SSSR count). The van der Waals surface area contributed by atoms with Crippen molar-refractivity contribution in [3.05, 3.63) is 41.0 Å². The summed E-state index contributed by atoms with van der Waals surface area (Å²) in [4.78, 5) is 11.8. The summed E-state index contributed by atoms with van der Waals surface area (Å²) in [6.07, 6.45) is 6.94. The van der Waals surface area contributed by atoms with Crippen LogP contribution in [0.1, 0.15) is 22.5 Å². The molecule has 0 saturated carbocycles. The molecule has 0 unspecified atom stereocenters. The topological polar surface area (TPSA) is 64.7 Å². The smallest absolute Gasteiger partial charge is 0.244 e. The lowest BCUT2D eigenvalue weighted by molar-refractivity contribution is -0.116. The van der Waals surface area contributed by atoms with Crippen molar-refractivity contribution in [2.75, 3.05) is 0 Å². The molecule has 0 aliphatic carbocycles. The van der Waals surface area contributed by atoms with Gasteiger partial charge in [0.25, 0.3) is 0 Å². The number of carbonyl (C=O) groups excluding carboxylic acids is 1. The number of nitrogens with zero attached hydrogens (tertiary/aromatic N) is 4. The van der Waals surface area contributed by atoms with Crippen LogP contribution in [0.3, 0.4) is 0 Å². The van der Waals surface area contributed by atoms with Crippen molar-refractivity contribution < 1.29 is 4.79 Å². The van der Waals surface area contributed by atoms with E-state index in [-0.39, 0.29) is 5.91 Å². The molecule has 20 heavy (non-hydrogen) atoms. The Kier molecular flexibility index (Phi) is 4.02. The van der Waals surface area contributed by atoms with Crippen molar-refractivity contribution in [3.63, 3.8) is 0 Å². The Labute approximate surface area is 118 Å². The van der Waals surface area contributed by atoms with Crippen LogP contribution >= 0.6 is 0 Å². The van der Waals surface area contributed by atoms with E-state index in [4.69, 9.17) is 0 Å². The van der Waals surface area contributed by atoms with E-state index in [9.17, 15) is 4.79 Å². The lowest BCUT2D eigenvalue weighted by Crippen LogP contribution is -2.20. The van der Waals surface area contributed by atoms with Crippen LogP contribution in [0.25, 0.3) is 6.08 Å². The predicted molar refractivity (Wildman–Crippen MR) is 76.8 cm³/mol. The van der Waals surface area contributed by atoms with E-state index in [1.807, 2.05) is 34.1 Å². The fourth-order valence-corrected chi connectivity index (χ4v) is 1.91. The molecule has 2 aromatic heterocycles. The van der Waals surface area contributed by atoms with Gasteiger partial charge in [0, 0.05) is 49.7 Å². The Morgan fingerprint density at radius 2 is 2.15 bits per heavy atom. The van der Waals surface area contributed by atoms with Gasteiger partial charge in [0.15, 0.2) is 0 Å². The largest absolute Gasteiger partial charge is 0.348 e. The second kappa shape index (κ2) is 5.73. The van der Waals surface area contributed by atoms with Gasteiger partial charge < -0.3 is 5.32 Å². The van der Waals surface area contributed by atoms with E-state index in [1.54, 1.807) is 21.6 Å². The number of hydrogen-bond acceptors (Lipinski definition) is 3. The van der Waals surface area contributed by atoms with Crippen LogP contribution in [0.2, 0.25) is 0 Å². The van der Waals surface area contributed by atoms with E-state index in [2.05, 4.69) is 15.5 Å². The number of rotatable bonds is 4. The summed E-state index contributed by atoms with van der Waals surface area (Å²) >= 11 is 0. The lowest BCUT2D eigenvalue weighted by atomic mass is 10.2. The van der Waals surface area contributed by atoms with E-state index >= 15 is 0 Å². The fourth-order valence-electron chi connectivity index (χ4n) is 1.91. The minimum Gasteiger partial charge on any atom is -0.348 e. The zero-order valence-electron chi connectivity index (χ0n) is 12.2. The van der Waals surface area contributed by atoms with Gasteiger partial charge in [-0.2, -0.15) is 10.2 Å². The SMILES string of the molecule is Cc1nn(C)cc1CNC(=O)/C=C\c1cnn(C)c1C. The molecule has 0 aliphatic heterocycles. The van der Waals surface area contributed by atoms with Crippen LogP contribution in [0.4, 0.5) is 0 Å². The van der Waals surface area contributed by atoms with Crippen molar-refractivity contribution in [3.8, 4) is 0 Å². The zero-order chi connectivity index (χ0) is 14.7. The molecule has 0 bridgehead atoms. The Morgan fingerprint density at radius 3 is 2.70 bits per heavy atom. The van der Waals surface area contributed by atoms with Crippen LogP contribution in [-0.2, 0) is 25.4 Å². The first kappa shape index (κ1) is 14.0. The van der Waals surface area contributed by atoms with Crippen LogP contribution < -0.4 is 5.32 Å². The number of aromatic nitrogens is 4. The van der Waals surface area contributed by atoms with Crippen molar-refractivity contribution in [1.29, 1.82) is 0 Å². The van der Waals surface area contributed by atoms with Crippen molar-refractivity contribution in [1.82, 2.24) is 24.9 Å². The second-order valence-corrected chi connectivity index (χ2v) is 4.77. The molecule has 0 fully saturated rings. The Hall–Kier alpha value is -2.37. The quantitative estimate of drug-likeness (QED) is 0.848. The van der Waals surface area contributed by atoms with Crippen LogP contribution in [0.15, 0.2) is 18.5 Å². The number of hydrogen-bond donors (Lipinski definition) is 1. The minimum atomic E-state index is -0.128. The van der Waals surface area contributed by atoms with Gasteiger partial charge in [0.2, 0.25) is 5.91 Å². The highest BCUT2D eigenvalue weighted by Crippen LogP contribution is 2.07. The highest BCUT2D eigenvalue weighted by molar-refractivity contribution is 5.91. The molecule has 0 atom stereocenters. The van der Waals surface area contributed by atoms with E-state index in [1.165, 1.54) is 6.08 Å². The first-order valence-electron chi connectivity index (χ1n) is 6.41. The van der Waals surface area contributed by atoms with Gasteiger partial charge in [0.1, 0.15) is 0 Å². The van der Waals surface area contributed by atoms with Crippen LogP contribution in [0, 0.1) is 13.8 Å². The molecule has 2 heterocycles. The zero-order valence-corrected chi connectivity index (χ0v) is 12.2. The highest BCUT2D eigenvalue weighted by atomic mass is 16.1. The molecule has 0 aromatic carbocycles. The summed E-state index contributed by atoms with van der Waals surface area (Å²) in [5.74, 6) is -0.128. The van der Waals surface area contributed by atoms with E-state index < -0.39 is 0 Å². The molecule has 6 heteroatoms. The van der Waals surface area contributed by atoms with Gasteiger partial charge in [-0.25, -0.2) is 0 Å². The summed E-state index contributed by atoms with van der Waals surface area (Å²) in [5, 5.41) is 11.2. The summed E-state index contributed by atoms with van der Waals surface area (Å²) in [5.41, 5.74) is 3.92. The number of aryl methyl sites for hydroxylation is 3. The van der Waals surface area contributed by atoms with Gasteiger partial charge in [-0.1, -0.05) is 0 Å². The average molecular weight is 273 g/mol. The average Bonchev–Trinajstić information content (AvgIpc) is 2.89. The van der Waals surface area contributed by atoms with Gasteiger partial charge in [-0.05, 0) is 19.9 Å². The molecule has 0 spiro atoms. The minimum absolute atomic E-state index is 0.128. The van der Waals surface area contributed by atoms with Crippen LogP contribution in [0.5, 0.6) is 0 Å². The van der Waals surface area contributed by atoms with Crippen molar-refractivity contribution >= 4 is 12.0 Å². The third kappa shape index (κ3) is 3.14. The summed E-state index contributed by atoms with van der Waals surface area (Å²) in [6.45, 7) is 4.37. The second-order valence-electron chi connectivity index (χ2n) is 4.77. The molecular formula is C14H19N5O. The molecule has 106 valence electrons. The van der Waals surface area contributed by atoms with E-state index in [0.717, 1.165) is 22.5 Å². The monoisotopic (exact) mass is 273 g/mol. The predicted octanol–water partition coefficient (Wildman–Crippen LogP) is 1.10. The maximum absolute atomic E-state index is 11.8. The maximum Gasteiger partial charge on any atom is 0.244 e. The normalized spacial score (nSPS) is 11.2. The Morgan fingerprint density at radius 1 is 1.40 bits per heavy atom. The van der Waals surface area contributed by atoms with Gasteiger partial charge >= 0.3 is 0 Å². The lowest BCUT2D eigenvalue weighted by Gasteiger charge is -2.00. The van der Waals surface area contributed by atoms with Gasteiger partial charge in [0.05, 0.1) is 11.9 Å². The first-order chi connectivity index (χ1) is 9.47. The molecular weight excluding hydrogens is 254 g/mol. The summed E-state index contributed by atoms with van der Waals surface area (Å²) in [6, 6.07) is 0. The summed E-state index contributed by atoms with van der Waals surface area (Å²) < 4.78 is 3.52. The number of nitrogens with one attached hydrogen (secondary N) is 1. The third-order valence-electron chi connectivity index (χ3n) is 3.26. The molecule has 0 radical (unpaired) electrons. The molecule has 0 aliphatic rings. The third-order valence-corrected chi connectivity index (χ3v) is 3.26. The fraction of sp³-hybridized carbons (Fsp3) is 0.357.